The summed E-state index contributed by atoms with van der Waals surface area (Å²) >= 11 is 0. The van der Waals surface area contributed by atoms with Gasteiger partial charge in [0.2, 0.25) is 11.6 Å². The van der Waals surface area contributed by atoms with Gasteiger partial charge in [-0.25, -0.2) is 0 Å². The molecular weight excluding hydrogens is 879 g/mol. The molecule has 0 aliphatic carbocycles. The molecule has 3 atom stereocenters. The first kappa shape index (κ1) is 68.6. The molecule has 0 aliphatic heterocycles. The van der Waals surface area contributed by atoms with Crippen LogP contribution in [0.3, 0.4) is 0 Å². The minimum atomic E-state index is -0.566. The van der Waals surface area contributed by atoms with Crippen LogP contribution < -0.4 is 10.6 Å². The fourth-order valence-corrected chi connectivity index (χ4v) is 9.30. The Bertz CT molecular complexity index is 1280. The quantitative estimate of drug-likeness (QED) is 0.0205. The van der Waals surface area contributed by atoms with E-state index in [0.717, 1.165) is 77.2 Å². The number of Topliss-reactive ketones (excluding diaryl/α,β-unsaturated/α-hetero) is 2. The largest absolute Gasteiger partial charge is 0.462 e. The molecule has 0 rings (SSSR count). The molecular formula is C63H119N3O5. The van der Waals surface area contributed by atoms with E-state index < -0.39 is 11.6 Å². The molecule has 0 radical (unpaired) electrons. The van der Waals surface area contributed by atoms with E-state index in [1.54, 1.807) is 6.20 Å². The van der Waals surface area contributed by atoms with Gasteiger partial charge in [0.15, 0.2) is 0 Å². The van der Waals surface area contributed by atoms with Gasteiger partial charge in [0, 0.05) is 26.1 Å². The highest BCUT2D eigenvalue weighted by Crippen LogP contribution is 2.20. The SMILES string of the molecule is CCCCC/C=C\CCC(CCCCCCCCCCCCCC)OCC(CCC(=O)OC(CC/C=C\CCCCC)CCCCCCCCCCCCCC)N/C(=C\NCCCN(C)C)C(=O)C(C)=O. The molecule has 0 bridgehead atoms. The maximum absolute atomic E-state index is 13.8. The normalized spacial score (nSPS) is 13.4. The number of carbonyl (C=O) groups excluding carboxylic acids is 3. The number of nitrogens with one attached hydrogen (secondary N) is 2. The van der Waals surface area contributed by atoms with Crippen molar-refractivity contribution in [1.29, 1.82) is 0 Å². The molecule has 3 unspecified atom stereocenters. The van der Waals surface area contributed by atoms with E-state index in [0.29, 0.717) is 19.6 Å². The Morgan fingerprint density at radius 2 is 0.887 bits per heavy atom. The third kappa shape index (κ3) is 48.3. The molecule has 71 heavy (non-hydrogen) atoms. The minimum absolute atomic E-state index is 0.0738. The van der Waals surface area contributed by atoms with Crippen molar-refractivity contribution in [3.63, 3.8) is 0 Å². The van der Waals surface area contributed by atoms with Crippen LogP contribution in [0.2, 0.25) is 0 Å². The standard InChI is InChI=1S/C63H119N3O5/c1-8-12-16-20-24-26-28-30-32-36-39-43-48-59(47-42-38-34-22-18-14-10-3)70-56-58(65-61(63(69)57(5)67)55-64-53-46-54-66(6)7)51-52-62(68)71-60(49-44-40-35-23-19-15-11-4)50-45-41-37-33-31-29-27-25-21-17-13-9-2/h34-35,38,40,55,58-60,64-65H,8-33,36-37,39,41-54,56H2,1-7H3/b38-34-,40-35-,61-55-. The van der Waals surface area contributed by atoms with E-state index >= 15 is 0 Å². The molecule has 0 aromatic heterocycles. The lowest BCUT2D eigenvalue weighted by Gasteiger charge is -2.25. The van der Waals surface area contributed by atoms with E-state index in [2.05, 4.69) is 67.5 Å². The first-order valence-electron chi connectivity index (χ1n) is 30.7. The van der Waals surface area contributed by atoms with Gasteiger partial charge in [-0.05, 0) is 104 Å². The molecule has 0 amide bonds. The van der Waals surface area contributed by atoms with Gasteiger partial charge in [0.1, 0.15) is 11.8 Å². The van der Waals surface area contributed by atoms with Gasteiger partial charge in [-0.3, -0.25) is 14.4 Å². The Kier molecular flexibility index (Phi) is 52.0. The third-order valence-corrected chi connectivity index (χ3v) is 14.0. The summed E-state index contributed by atoms with van der Waals surface area (Å²) in [6, 6.07) is -0.351. The summed E-state index contributed by atoms with van der Waals surface area (Å²) in [5.41, 5.74) is 0.229. The molecule has 8 heteroatoms. The second-order valence-electron chi connectivity index (χ2n) is 21.4. The van der Waals surface area contributed by atoms with E-state index in [9.17, 15) is 14.4 Å². The van der Waals surface area contributed by atoms with E-state index in [1.807, 2.05) is 14.1 Å². The summed E-state index contributed by atoms with van der Waals surface area (Å²) in [6.07, 6.45) is 59.1. The molecule has 0 heterocycles. The van der Waals surface area contributed by atoms with Crippen LogP contribution in [0.25, 0.3) is 0 Å². The first-order chi connectivity index (χ1) is 34.7. The predicted octanol–water partition coefficient (Wildman–Crippen LogP) is 17.6. The van der Waals surface area contributed by atoms with Crippen molar-refractivity contribution >= 4 is 17.5 Å². The summed E-state index contributed by atoms with van der Waals surface area (Å²) < 4.78 is 13.1. The van der Waals surface area contributed by atoms with E-state index in [1.165, 1.54) is 187 Å². The average molecular weight is 999 g/mol. The van der Waals surface area contributed by atoms with Crippen molar-refractivity contribution in [2.75, 3.05) is 33.8 Å². The Morgan fingerprint density at radius 3 is 1.34 bits per heavy atom. The number of rotatable bonds is 56. The van der Waals surface area contributed by atoms with Crippen LogP contribution in [0.4, 0.5) is 0 Å². The fraction of sp³-hybridized carbons (Fsp3) is 0.857. The number of nitrogens with zero attached hydrogens (tertiary/aromatic N) is 1. The lowest BCUT2D eigenvalue weighted by molar-refractivity contribution is -0.150. The van der Waals surface area contributed by atoms with Crippen LogP contribution in [0.1, 0.15) is 298 Å². The van der Waals surface area contributed by atoms with Gasteiger partial charge in [-0.15, -0.1) is 0 Å². The maximum Gasteiger partial charge on any atom is 0.306 e. The van der Waals surface area contributed by atoms with Gasteiger partial charge < -0.3 is 25.0 Å². The maximum atomic E-state index is 13.8. The molecule has 0 aliphatic rings. The van der Waals surface area contributed by atoms with Crippen LogP contribution in [-0.4, -0.2) is 74.5 Å². The Balaban J connectivity index is 5.89. The van der Waals surface area contributed by atoms with Crippen LogP contribution >= 0.6 is 0 Å². The Labute approximate surface area is 441 Å². The average Bonchev–Trinajstić information content (AvgIpc) is 3.35. The molecule has 0 aromatic rings. The topological polar surface area (TPSA) is 97.0 Å². The van der Waals surface area contributed by atoms with Crippen molar-refractivity contribution in [1.82, 2.24) is 15.5 Å². The van der Waals surface area contributed by atoms with Crippen molar-refractivity contribution in [3.05, 3.63) is 36.2 Å². The summed E-state index contributed by atoms with van der Waals surface area (Å²) in [5.74, 6) is -1.28. The van der Waals surface area contributed by atoms with Gasteiger partial charge in [-0.2, -0.15) is 0 Å². The number of esters is 1. The molecule has 8 nitrogen and oxygen atoms in total. The van der Waals surface area contributed by atoms with Crippen LogP contribution in [0, 0.1) is 0 Å². The lowest BCUT2D eigenvalue weighted by atomic mass is 10.0. The number of ketones is 2. The highest BCUT2D eigenvalue weighted by atomic mass is 16.5. The zero-order valence-electron chi connectivity index (χ0n) is 48.2. The second-order valence-corrected chi connectivity index (χ2v) is 21.4. The zero-order chi connectivity index (χ0) is 52.1. The fourth-order valence-electron chi connectivity index (χ4n) is 9.30. The molecule has 0 saturated heterocycles. The second kappa shape index (κ2) is 53.8. The van der Waals surface area contributed by atoms with Crippen molar-refractivity contribution in [2.24, 2.45) is 0 Å². The minimum Gasteiger partial charge on any atom is -0.462 e. The van der Waals surface area contributed by atoms with Gasteiger partial charge in [0.05, 0.1) is 18.8 Å². The van der Waals surface area contributed by atoms with Crippen LogP contribution in [0.5, 0.6) is 0 Å². The number of unbranched alkanes of at least 4 members (excludes halogenated alkanes) is 28. The summed E-state index contributed by atoms with van der Waals surface area (Å²) in [7, 11) is 4.09. The van der Waals surface area contributed by atoms with Gasteiger partial charge in [-0.1, -0.05) is 225 Å². The highest BCUT2D eigenvalue weighted by molar-refractivity contribution is 6.42. The number of hydrogen-bond donors (Lipinski definition) is 2. The van der Waals surface area contributed by atoms with Crippen molar-refractivity contribution in [3.8, 4) is 0 Å². The van der Waals surface area contributed by atoms with Gasteiger partial charge in [0.25, 0.3) is 0 Å². The Hall–Kier alpha value is -2.45. The lowest BCUT2D eigenvalue weighted by Crippen LogP contribution is -2.39. The third-order valence-electron chi connectivity index (χ3n) is 14.0. The smallest absolute Gasteiger partial charge is 0.306 e. The van der Waals surface area contributed by atoms with Crippen molar-refractivity contribution in [2.45, 2.75) is 316 Å². The highest BCUT2D eigenvalue weighted by Gasteiger charge is 2.23. The predicted molar refractivity (Wildman–Crippen MR) is 307 cm³/mol. The molecule has 0 spiro atoms. The number of hydrogen-bond acceptors (Lipinski definition) is 8. The number of ether oxygens (including phenoxy) is 2. The molecule has 2 N–H and O–H groups in total. The van der Waals surface area contributed by atoms with Crippen LogP contribution in [-0.2, 0) is 23.9 Å². The molecule has 0 saturated carbocycles. The van der Waals surface area contributed by atoms with E-state index in [-0.39, 0.29) is 36.3 Å². The van der Waals surface area contributed by atoms with Crippen LogP contribution in [0.15, 0.2) is 36.2 Å². The monoisotopic (exact) mass is 998 g/mol. The molecule has 0 fully saturated rings. The summed E-state index contributed by atoms with van der Waals surface area (Å²) in [4.78, 5) is 41.8. The van der Waals surface area contributed by atoms with Gasteiger partial charge >= 0.3 is 5.97 Å². The summed E-state index contributed by atoms with van der Waals surface area (Å²) in [6.45, 7) is 12.3. The number of carbonyl (C=O) groups is 3. The summed E-state index contributed by atoms with van der Waals surface area (Å²) in [5, 5.41) is 6.69. The molecule has 0 aromatic carbocycles. The van der Waals surface area contributed by atoms with Crippen molar-refractivity contribution < 1.29 is 23.9 Å². The number of allylic oxidation sites excluding steroid dienone is 5. The molecule has 416 valence electrons. The van der Waals surface area contributed by atoms with E-state index in [4.69, 9.17) is 9.47 Å². The zero-order valence-corrected chi connectivity index (χ0v) is 48.2. The Morgan fingerprint density at radius 1 is 0.479 bits per heavy atom. The first-order valence-corrected chi connectivity index (χ1v) is 30.7.